The Bertz CT molecular complexity index is 1330. The van der Waals surface area contributed by atoms with Crippen LogP contribution in [-0.4, -0.2) is 69.1 Å². The maximum atomic E-state index is 14.6. The number of rotatable bonds is 18. The molecule has 1 fully saturated rings. The quantitative estimate of drug-likeness (QED) is 0.136. The summed E-state index contributed by atoms with van der Waals surface area (Å²) in [6.45, 7) is 9.74. The van der Waals surface area contributed by atoms with Gasteiger partial charge in [-0.25, -0.2) is 9.78 Å². The van der Waals surface area contributed by atoms with Crippen LogP contribution in [0.3, 0.4) is 0 Å². The number of nitrogens with zero attached hydrogens (tertiary/aromatic N) is 2. The van der Waals surface area contributed by atoms with E-state index in [0.717, 1.165) is 37.7 Å². The normalized spacial score (nSPS) is 16.2. The van der Waals surface area contributed by atoms with Crippen LogP contribution in [0.5, 0.6) is 0 Å². The summed E-state index contributed by atoms with van der Waals surface area (Å²) < 4.78 is 5.25. The van der Waals surface area contributed by atoms with E-state index in [0.29, 0.717) is 37.2 Å². The van der Waals surface area contributed by atoms with Crippen molar-refractivity contribution in [3.05, 3.63) is 52.5 Å². The highest BCUT2D eigenvalue weighted by molar-refractivity contribution is 7.09. The molecule has 5 N–H and O–H groups in total. The Morgan fingerprint density at radius 2 is 1.76 bits per heavy atom. The van der Waals surface area contributed by atoms with Gasteiger partial charge in [-0.2, -0.15) is 0 Å². The van der Waals surface area contributed by atoms with Crippen molar-refractivity contribution < 1.29 is 29.0 Å². The van der Waals surface area contributed by atoms with Gasteiger partial charge in [-0.1, -0.05) is 82.7 Å². The van der Waals surface area contributed by atoms with Crippen LogP contribution in [0, 0.1) is 11.8 Å². The molecular formula is C38H59N5O6S. The highest BCUT2D eigenvalue weighted by atomic mass is 32.1. The fourth-order valence-corrected chi connectivity index (χ4v) is 7.25. The van der Waals surface area contributed by atoms with Gasteiger partial charge < -0.3 is 25.8 Å². The second-order valence-corrected chi connectivity index (χ2v) is 15.9. The lowest BCUT2D eigenvalue weighted by Crippen LogP contribution is -2.60. The topological polar surface area (TPSA) is 164 Å². The Kier molecular flexibility index (Phi) is 16.8. The van der Waals surface area contributed by atoms with Gasteiger partial charge in [0.2, 0.25) is 17.7 Å². The summed E-state index contributed by atoms with van der Waals surface area (Å²) in [6, 6.07) is 6.73. The smallest absolute Gasteiger partial charge is 0.407 e. The first-order chi connectivity index (χ1) is 23.7. The number of benzene rings is 1. The number of imide groups is 1. The van der Waals surface area contributed by atoms with Gasteiger partial charge in [0.25, 0.3) is 0 Å². The number of amides is 4. The fourth-order valence-electron chi connectivity index (χ4n) is 6.57. The van der Waals surface area contributed by atoms with Crippen molar-refractivity contribution in [2.24, 2.45) is 17.6 Å². The van der Waals surface area contributed by atoms with Crippen LogP contribution in [0.2, 0.25) is 0 Å². The molecule has 1 aromatic heterocycles. The van der Waals surface area contributed by atoms with Crippen LogP contribution in [0.1, 0.15) is 122 Å². The second kappa shape index (κ2) is 20.5. The highest BCUT2D eigenvalue weighted by Crippen LogP contribution is 2.36. The van der Waals surface area contributed by atoms with Gasteiger partial charge in [0.05, 0.1) is 12.1 Å². The van der Waals surface area contributed by atoms with Crippen LogP contribution in [0.15, 0.2) is 41.9 Å². The number of nitrogens with two attached hydrogens (primary N) is 1. The average molecular weight is 714 g/mol. The molecule has 0 aliphatic heterocycles. The first kappa shape index (κ1) is 41.1. The molecule has 0 radical (unpaired) electrons. The molecular weight excluding hydrogens is 655 g/mol. The molecule has 50 heavy (non-hydrogen) atoms. The molecule has 0 saturated heterocycles. The molecule has 278 valence electrons. The number of hydrogen-bond donors (Lipinski definition) is 4. The van der Waals surface area contributed by atoms with Gasteiger partial charge in [-0.05, 0) is 70.3 Å². The number of nitrogens with one attached hydrogen (secondary N) is 2. The summed E-state index contributed by atoms with van der Waals surface area (Å²) in [7, 11) is 0. The number of thiazole rings is 1. The zero-order valence-corrected chi connectivity index (χ0v) is 31.4. The first-order valence-electron chi connectivity index (χ1n) is 18.2. The zero-order valence-electron chi connectivity index (χ0n) is 30.6. The van der Waals surface area contributed by atoms with E-state index < -0.39 is 53.6 Å². The van der Waals surface area contributed by atoms with Crippen molar-refractivity contribution >= 4 is 35.2 Å². The molecule has 0 unspecified atom stereocenters. The molecule has 0 bridgehead atoms. The van der Waals surface area contributed by atoms with Crippen molar-refractivity contribution in [2.45, 2.75) is 141 Å². The molecule has 4 atom stereocenters. The Hall–Kier alpha value is -3.35. The molecule has 1 heterocycles. The van der Waals surface area contributed by atoms with Crippen molar-refractivity contribution in [3.63, 3.8) is 0 Å². The minimum absolute atomic E-state index is 0.00805. The summed E-state index contributed by atoms with van der Waals surface area (Å²) in [5.74, 6) is -1.19. The number of carbonyl (C=O) groups excluding carboxylic acids is 4. The lowest BCUT2D eigenvalue weighted by Gasteiger charge is -2.42. The summed E-state index contributed by atoms with van der Waals surface area (Å²) in [5, 5.41) is 19.4. The molecule has 1 aliphatic carbocycles. The van der Waals surface area contributed by atoms with Gasteiger partial charge in [-0.15, -0.1) is 11.3 Å². The van der Waals surface area contributed by atoms with Crippen LogP contribution in [-0.2, 0) is 25.5 Å². The van der Waals surface area contributed by atoms with Crippen LogP contribution in [0.25, 0.3) is 0 Å². The van der Waals surface area contributed by atoms with Crippen LogP contribution >= 0.6 is 11.3 Å². The van der Waals surface area contributed by atoms with Crippen LogP contribution in [0.4, 0.5) is 4.79 Å². The first-order valence-corrected chi connectivity index (χ1v) is 19.1. The lowest BCUT2D eigenvalue weighted by molar-refractivity contribution is -0.150. The molecule has 4 amide bonds. The predicted molar refractivity (Wildman–Crippen MR) is 196 cm³/mol. The second-order valence-electron chi connectivity index (χ2n) is 15.0. The number of unbranched alkanes of at least 4 members (excludes halogenated alkanes) is 2. The third-order valence-electron chi connectivity index (χ3n) is 8.94. The molecule has 11 nitrogen and oxygen atoms in total. The molecule has 1 aliphatic rings. The van der Waals surface area contributed by atoms with Gasteiger partial charge >= 0.3 is 6.09 Å². The molecule has 1 aromatic carbocycles. The minimum Gasteiger partial charge on any atom is -0.444 e. The molecule has 12 heteroatoms. The molecule has 3 rings (SSSR count). The number of aliphatic hydroxyl groups is 1. The number of aliphatic hydroxyl groups excluding tert-OH is 1. The number of aromatic nitrogens is 1. The van der Waals surface area contributed by atoms with Crippen molar-refractivity contribution in [3.8, 4) is 0 Å². The number of alkyl carbamates (subject to hydrolysis) is 1. The van der Waals surface area contributed by atoms with E-state index in [1.54, 1.807) is 32.3 Å². The van der Waals surface area contributed by atoms with E-state index in [9.17, 15) is 24.3 Å². The van der Waals surface area contributed by atoms with Gasteiger partial charge in [0.1, 0.15) is 22.8 Å². The average Bonchev–Trinajstić information content (AvgIpc) is 3.60. The number of ether oxygens (including phenoxy) is 1. The molecule has 2 aromatic rings. The maximum Gasteiger partial charge on any atom is 0.407 e. The van der Waals surface area contributed by atoms with E-state index in [1.165, 1.54) is 16.2 Å². The third kappa shape index (κ3) is 14.1. The van der Waals surface area contributed by atoms with Crippen molar-refractivity contribution in [1.82, 2.24) is 20.5 Å². The van der Waals surface area contributed by atoms with E-state index in [2.05, 4.69) is 15.6 Å². The monoisotopic (exact) mass is 713 g/mol. The summed E-state index contributed by atoms with van der Waals surface area (Å²) >= 11 is 1.31. The Morgan fingerprint density at radius 3 is 2.38 bits per heavy atom. The number of hydrogen-bond acceptors (Lipinski definition) is 9. The SMILES string of the molecule is CC(C)C[C@@H](C(=O)NC(=O)CCCCCNC(=O)OC(C)(C)C)N(C(=O)[C@@H](N)Cc1ccccc1)[C@@H](CC1CCCCC1)[C@@H](O)c1nccs1. The van der Waals surface area contributed by atoms with Gasteiger partial charge in [0.15, 0.2) is 0 Å². The van der Waals surface area contributed by atoms with Crippen molar-refractivity contribution in [2.75, 3.05) is 6.54 Å². The Labute approximate surface area is 302 Å². The predicted octanol–water partition coefficient (Wildman–Crippen LogP) is 6.06. The number of carbonyl (C=O) groups is 4. The van der Waals surface area contributed by atoms with Crippen LogP contribution < -0.4 is 16.4 Å². The highest BCUT2D eigenvalue weighted by Gasteiger charge is 2.43. The third-order valence-corrected chi connectivity index (χ3v) is 9.79. The minimum atomic E-state index is -1.13. The van der Waals surface area contributed by atoms with E-state index in [4.69, 9.17) is 10.5 Å². The zero-order chi connectivity index (χ0) is 36.7. The summed E-state index contributed by atoms with van der Waals surface area (Å²) in [4.78, 5) is 59.6. The largest absolute Gasteiger partial charge is 0.444 e. The van der Waals surface area contributed by atoms with E-state index >= 15 is 0 Å². The Morgan fingerprint density at radius 1 is 1.06 bits per heavy atom. The fraction of sp³-hybridized carbons (Fsp3) is 0.658. The van der Waals surface area contributed by atoms with Gasteiger partial charge in [-0.3, -0.25) is 19.7 Å². The maximum absolute atomic E-state index is 14.6. The van der Waals surface area contributed by atoms with Gasteiger partial charge in [0, 0.05) is 24.5 Å². The van der Waals surface area contributed by atoms with Crippen molar-refractivity contribution in [1.29, 1.82) is 0 Å². The summed E-state index contributed by atoms with van der Waals surface area (Å²) in [6.07, 6.45) is 8.26. The molecule has 0 spiro atoms. The standard InChI is InChI=1S/C38H59N5O6S/c1-26(2)23-31(34(46)42-32(44)19-13-8-14-20-41-37(48)49-38(3,4)5)43(36(47)29(39)24-27-15-9-6-10-16-27)30(25-28-17-11-7-12-18-28)33(45)35-40-21-22-50-35/h6,9-10,15-16,21-22,26,28-31,33,45H,7-8,11-14,17-20,23-25,39H2,1-5H3,(H,41,48)(H,42,44,46)/t29-,30-,31-,33+/m0/s1. The Balaban J connectivity index is 1.82. The van der Waals surface area contributed by atoms with E-state index in [-0.39, 0.29) is 31.1 Å². The molecule has 1 saturated carbocycles. The summed E-state index contributed by atoms with van der Waals surface area (Å²) in [5.41, 5.74) is 6.95. The van der Waals surface area contributed by atoms with E-state index in [1.807, 2.05) is 44.2 Å². The lowest BCUT2D eigenvalue weighted by atomic mass is 9.82.